The van der Waals surface area contributed by atoms with Gasteiger partial charge in [0.1, 0.15) is 6.26 Å². The summed E-state index contributed by atoms with van der Waals surface area (Å²) in [7, 11) is 0. The maximum absolute atomic E-state index is 5.50. The fraction of sp³-hybridized carbons (Fsp3) is 0.727. The Morgan fingerprint density at radius 3 is 2.93 bits per heavy atom. The first-order valence-corrected chi connectivity index (χ1v) is 5.60. The van der Waals surface area contributed by atoms with Crippen molar-refractivity contribution in [2.24, 2.45) is 17.6 Å². The first-order valence-electron chi connectivity index (χ1n) is 5.60. The standard InChI is InChI=1S/C11H19N3O/c1-8-3-4-14(6-9(8)2)11-13-10(5-12)7-15-11/h7-9H,3-6,12H2,1-2H3. The molecule has 1 aromatic heterocycles. The third-order valence-corrected chi connectivity index (χ3v) is 3.35. The van der Waals surface area contributed by atoms with Crippen LogP contribution in [0.1, 0.15) is 26.0 Å². The maximum Gasteiger partial charge on any atom is 0.297 e. The highest BCUT2D eigenvalue weighted by molar-refractivity contribution is 5.28. The topological polar surface area (TPSA) is 55.3 Å². The fourth-order valence-corrected chi connectivity index (χ4v) is 1.97. The smallest absolute Gasteiger partial charge is 0.297 e. The van der Waals surface area contributed by atoms with E-state index >= 15 is 0 Å². The van der Waals surface area contributed by atoms with Crippen LogP contribution in [-0.2, 0) is 6.54 Å². The lowest BCUT2D eigenvalue weighted by Gasteiger charge is -2.34. The van der Waals surface area contributed by atoms with Crippen molar-refractivity contribution in [2.75, 3.05) is 18.0 Å². The molecule has 1 fully saturated rings. The van der Waals surface area contributed by atoms with Crippen molar-refractivity contribution in [3.63, 3.8) is 0 Å². The number of hydrogen-bond acceptors (Lipinski definition) is 4. The second-order valence-corrected chi connectivity index (χ2v) is 4.51. The van der Waals surface area contributed by atoms with Gasteiger partial charge in [-0.3, -0.25) is 0 Å². The van der Waals surface area contributed by atoms with E-state index in [1.165, 1.54) is 6.42 Å². The average molecular weight is 209 g/mol. The van der Waals surface area contributed by atoms with Crippen molar-refractivity contribution < 1.29 is 4.42 Å². The molecule has 0 aromatic carbocycles. The predicted octanol–water partition coefficient (Wildman–Crippen LogP) is 1.62. The molecule has 1 aliphatic rings. The Labute approximate surface area is 90.5 Å². The molecule has 0 aliphatic carbocycles. The van der Waals surface area contributed by atoms with Gasteiger partial charge >= 0.3 is 0 Å². The van der Waals surface area contributed by atoms with Crippen molar-refractivity contribution in [1.82, 2.24) is 4.98 Å². The van der Waals surface area contributed by atoms with Crippen LogP contribution in [0.25, 0.3) is 0 Å². The molecular formula is C11H19N3O. The third kappa shape index (κ3) is 2.15. The minimum Gasteiger partial charge on any atom is -0.432 e. The summed E-state index contributed by atoms with van der Waals surface area (Å²) in [6, 6.07) is 0.731. The van der Waals surface area contributed by atoms with E-state index in [9.17, 15) is 0 Å². The van der Waals surface area contributed by atoms with Crippen molar-refractivity contribution in [3.05, 3.63) is 12.0 Å². The highest BCUT2D eigenvalue weighted by atomic mass is 16.4. The summed E-state index contributed by atoms with van der Waals surface area (Å²) in [6.45, 7) is 7.11. The molecule has 1 aromatic rings. The third-order valence-electron chi connectivity index (χ3n) is 3.35. The molecule has 0 bridgehead atoms. The van der Waals surface area contributed by atoms with Crippen LogP contribution in [0.15, 0.2) is 10.7 Å². The second kappa shape index (κ2) is 4.23. The summed E-state index contributed by atoms with van der Waals surface area (Å²) < 4.78 is 5.41. The van der Waals surface area contributed by atoms with E-state index in [2.05, 4.69) is 23.7 Å². The highest BCUT2D eigenvalue weighted by Crippen LogP contribution is 2.26. The molecule has 0 radical (unpaired) electrons. The average Bonchev–Trinajstić information content (AvgIpc) is 2.70. The molecule has 0 saturated carbocycles. The van der Waals surface area contributed by atoms with Crippen LogP contribution < -0.4 is 10.6 Å². The predicted molar refractivity (Wildman–Crippen MR) is 59.6 cm³/mol. The normalized spacial score (nSPS) is 27.0. The van der Waals surface area contributed by atoms with Gasteiger partial charge in [0.25, 0.3) is 6.01 Å². The maximum atomic E-state index is 5.50. The van der Waals surface area contributed by atoms with Crippen LogP contribution in [0.5, 0.6) is 0 Å². The summed E-state index contributed by atoms with van der Waals surface area (Å²) in [4.78, 5) is 6.56. The minimum atomic E-state index is 0.448. The summed E-state index contributed by atoms with van der Waals surface area (Å²) >= 11 is 0. The Bertz CT molecular complexity index is 323. The Kier molecular flexibility index (Phi) is 2.95. The van der Waals surface area contributed by atoms with Crippen LogP contribution in [-0.4, -0.2) is 18.1 Å². The number of piperidine rings is 1. The monoisotopic (exact) mass is 209 g/mol. The lowest BCUT2D eigenvalue weighted by Crippen LogP contribution is -2.38. The number of anilines is 1. The van der Waals surface area contributed by atoms with Crippen LogP contribution in [0.2, 0.25) is 0 Å². The zero-order valence-electron chi connectivity index (χ0n) is 9.44. The zero-order valence-corrected chi connectivity index (χ0v) is 9.44. The Balaban J connectivity index is 2.05. The number of nitrogens with zero attached hydrogens (tertiary/aromatic N) is 2. The van der Waals surface area contributed by atoms with Crippen molar-refractivity contribution in [2.45, 2.75) is 26.8 Å². The van der Waals surface area contributed by atoms with Crippen molar-refractivity contribution >= 4 is 6.01 Å². The van der Waals surface area contributed by atoms with E-state index in [0.29, 0.717) is 12.5 Å². The molecule has 2 unspecified atom stereocenters. The minimum absolute atomic E-state index is 0.448. The highest BCUT2D eigenvalue weighted by Gasteiger charge is 2.25. The van der Waals surface area contributed by atoms with Crippen LogP contribution in [0.3, 0.4) is 0 Å². The first-order chi connectivity index (χ1) is 7.20. The van der Waals surface area contributed by atoms with E-state index in [-0.39, 0.29) is 0 Å². The Hall–Kier alpha value is -1.03. The van der Waals surface area contributed by atoms with Crippen molar-refractivity contribution in [3.8, 4) is 0 Å². The molecule has 4 nitrogen and oxygen atoms in total. The van der Waals surface area contributed by atoms with Gasteiger partial charge in [-0.05, 0) is 18.3 Å². The number of oxazole rings is 1. The lowest BCUT2D eigenvalue weighted by molar-refractivity contribution is 0.313. The van der Waals surface area contributed by atoms with Crippen LogP contribution >= 0.6 is 0 Å². The molecule has 0 spiro atoms. The van der Waals surface area contributed by atoms with E-state index in [1.54, 1.807) is 6.26 Å². The molecule has 1 saturated heterocycles. The molecule has 1 aliphatic heterocycles. The molecule has 2 heterocycles. The van der Waals surface area contributed by atoms with Crippen LogP contribution in [0, 0.1) is 11.8 Å². The van der Waals surface area contributed by atoms with Gasteiger partial charge in [-0.25, -0.2) is 0 Å². The second-order valence-electron chi connectivity index (χ2n) is 4.51. The Morgan fingerprint density at radius 2 is 2.33 bits per heavy atom. The van der Waals surface area contributed by atoms with Gasteiger partial charge in [-0.15, -0.1) is 0 Å². The van der Waals surface area contributed by atoms with Gasteiger partial charge < -0.3 is 15.1 Å². The number of rotatable bonds is 2. The number of hydrogen-bond donors (Lipinski definition) is 1. The van der Waals surface area contributed by atoms with E-state index < -0.39 is 0 Å². The number of nitrogens with two attached hydrogens (primary N) is 1. The van der Waals surface area contributed by atoms with Gasteiger partial charge in [0.15, 0.2) is 0 Å². The van der Waals surface area contributed by atoms with Crippen LogP contribution in [0.4, 0.5) is 6.01 Å². The largest absolute Gasteiger partial charge is 0.432 e. The molecule has 0 amide bonds. The van der Waals surface area contributed by atoms with Gasteiger partial charge in [0.2, 0.25) is 0 Å². The SMILES string of the molecule is CC1CCN(c2nc(CN)co2)CC1C. The van der Waals surface area contributed by atoms with Crippen molar-refractivity contribution in [1.29, 1.82) is 0 Å². The van der Waals surface area contributed by atoms with E-state index in [4.69, 9.17) is 10.2 Å². The van der Waals surface area contributed by atoms with E-state index in [1.807, 2.05) is 0 Å². The fourth-order valence-electron chi connectivity index (χ4n) is 1.97. The molecule has 4 heteroatoms. The molecular weight excluding hydrogens is 190 g/mol. The van der Waals surface area contributed by atoms with Gasteiger partial charge in [-0.2, -0.15) is 4.98 Å². The van der Waals surface area contributed by atoms with Gasteiger partial charge in [0, 0.05) is 19.6 Å². The lowest BCUT2D eigenvalue weighted by atomic mass is 9.89. The number of aromatic nitrogens is 1. The molecule has 84 valence electrons. The first kappa shape index (κ1) is 10.5. The van der Waals surface area contributed by atoms with E-state index in [0.717, 1.165) is 30.7 Å². The summed E-state index contributed by atoms with van der Waals surface area (Å²) in [5.74, 6) is 1.50. The summed E-state index contributed by atoms with van der Waals surface area (Å²) in [6.07, 6.45) is 2.86. The summed E-state index contributed by atoms with van der Waals surface area (Å²) in [5, 5.41) is 0. The zero-order chi connectivity index (χ0) is 10.8. The molecule has 2 N–H and O–H groups in total. The quantitative estimate of drug-likeness (QED) is 0.804. The molecule has 2 atom stereocenters. The Morgan fingerprint density at radius 1 is 1.53 bits per heavy atom. The summed E-state index contributed by atoms with van der Waals surface area (Å²) in [5.41, 5.74) is 6.33. The molecule has 2 rings (SSSR count). The molecule has 15 heavy (non-hydrogen) atoms. The van der Waals surface area contributed by atoms with Gasteiger partial charge in [0.05, 0.1) is 5.69 Å². The van der Waals surface area contributed by atoms with Gasteiger partial charge in [-0.1, -0.05) is 13.8 Å².